The summed E-state index contributed by atoms with van der Waals surface area (Å²) < 4.78 is 10.7. The Bertz CT molecular complexity index is 357. The Kier molecular flexibility index (Phi) is 4.12. The maximum absolute atomic E-state index is 11.3. The highest BCUT2D eigenvalue weighted by Crippen LogP contribution is 2.18. The lowest BCUT2D eigenvalue weighted by Crippen LogP contribution is -2.40. The fourth-order valence-corrected chi connectivity index (χ4v) is 1.98. The molecule has 0 radical (unpaired) electrons. The van der Waals surface area contributed by atoms with Crippen molar-refractivity contribution in [2.75, 3.05) is 19.8 Å². The predicted molar refractivity (Wildman–Crippen MR) is 61.8 cm³/mol. The second-order valence-corrected chi connectivity index (χ2v) is 4.12. The van der Waals surface area contributed by atoms with Gasteiger partial charge in [-0.1, -0.05) is 30.3 Å². The van der Waals surface area contributed by atoms with Crippen LogP contribution in [0.1, 0.15) is 5.56 Å². The van der Waals surface area contributed by atoms with E-state index in [0.29, 0.717) is 26.2 Å². The molecule has 4 nitrogen and oxygen atoms in total. The van der Waals surface area contributed by atoms with Crippen LogP contribution in [0.3, 0.4) is 0 Å². The zero-order valence-electron chi connectivity index (χ0n) is 9.54. The Morgan fingerprint density at radius 3 is 2.71 bits per heavy atom. The molecule has 17 heavy (non-hydrogen) atoms. The van der Waals surface area contributed by atoms with Crippen molar-refractivity contribution in [3.8, 4) is 0 Å². The fraction of sp³-hybridized carbons (Fsp3) is 0.462. The van der Waals surface area contributed by atoms with Gasteiger partial charge in [0.1, 0.15) is 0 Å². The van der Waals surface area contributed by atoms with Gasteiger partial charge in [-0.15, -0.1) is 0 Å². The van der Waals surface area contributed by atoms with Crippen LogP contribution in [-0.2, 0) is 20.7 Å². The van der Waals surface area contributed by atoms with Gasteiger partial charge in [-0.05, 0) is 12.0 Å². The lowest BCUT2D eigenvalue weighted by atomic mass is 9.94. The van der Waals surface area contributed by atoms with Crippen LogP contribution in [0.25, 0.3) is 0 Å². The number of carboxylic acid groups (broad SMARTS) is 1. The van der Waals surface area contributed by atoms with E-state index in [9.17, 15) is 9.90 Å². The topological polar surface area (TPSA) is 55.8 Å². The summed E-state index contributed by atoms with van der Waals surface area (Å²) in [5.41, 5.74) is 1.01. The van der Waals surface area contributed by atoms with Crippen LogP contribution in [0.15, 0.2) is 30.3 Å². The molecule has 0 bridgehead atoms. The first-order valence-electron chi connectivity index (χ1n) is 5.73. The van der Waals surface area contributed by atoms with E-state index >= 15 is 0 Å². The van der Waals surface area contributed by atoms with E-state index in [1.165, 1.54) is 0 Å². The van der Waals surface area contributed by atoms with Crippen LogP contribution in [0.2, 0.25) is 0 Å². The van der Waals surface area contributed by atoms with Crippen molar-refractivity contribution in [1.82, 2.24) is 0 Å². The molecule has 1 heterocycles. The third-order valence-corrected chi connectivity index (χ3v) is 2.91. The Labute approximate surface area is 100 Å². The summed E-state index contributed by atoms with van der Waals surface area (Å²) in [6, 6.07) is 9.59. The fourth-order valence-electron chi connectivity index (χ4n) is 1.98. The van der Waals surface area contributed by atoms with Crippen LogP contribution in [0.5, 0.6) is 0 Å². The molecule has 1 fully saturated rings. The quantitative estimate of drug-likeness (QED) is 0.857. The molecule has 2 atom stereocenters. The molecule has 2 rings (SSSR count). The summed E-state index contributed by atoms with van der Waals surface area (Å²) in [5.74, 6) is -1.37. The molecule has 1 aliphatic rings. The predicted octanol–water partition coefficient (Wildman–Crippen LogP) is 1.35. The number of aliphatic carboxylic acids is 1. The molecule has 0 amide bonds. The van der Waals surface area contributed by atoms with Crippen LogP contribution >= 0.6 is 0 Å². The maximum atomic E-state index is 11.3. The highest BCUT2D eigenvalue weighted by molar-refractivity contribution is 5.71. The lowest BCUT2D eigenvalue weighted by molar-refractivity contribution is -0.158. The van der Waals surface area contributed by atoms with Crippen LogP contribution in [-0.4, -0.2) is 37.0 Å². The second kappa shape index (κ2) is 5.80. The minimum atomic E-state index is -0.829. The van der Waals surface area contributed by atoms with E-state index in [1.807, 2.05) is 30.3 Å². The summed E-state index contributed by atoms with van der Waals surface area (Å²) in [6.07, 6.45) is 0.131. The monoisotopic (exact) mass is 236 g/mol. The molecule has 0 saturated carbocycles. The molecule has 1 saturated heterocycles. The molecule has 0 aromatic heterocycles. The van der Waals surface area contributed by atoms with Gasteiger partial charge in [0.15, 0.2) is 0 Å². The number of carboxylic acids is 1. The Morgan fingerprint density at radius 1 is 1.35 bits per heavy atom. The SMILES string of the molecule is O=C(O)C(Cc1ccccc1)C1COCCO1. The largest absolute Gasteiger partial charge is 0.481 e. The first-order valence-corrected chi connectivity index (χ1v) is 5.73. The van der Waals surface area contributed by atoms with Gasteiger partial charge in [-0.3, -0.25) is 4.79 Å². The molecular weight excluding hydrogens is 220 g/mol. The minimum absolute atomic E-state index is 0.346. The average Bonchev–Trinajstić information content (AvgIpc) is 2.38. The van der Waals surface area contributed by atoms with Crippen LogP contribution in [0, 0.1) is 5.92 Å². The van der Waals surface area contributed by atoms with E-state index in [1.54, 1.807) is 0 Å². The molecule has 92 valence electrons. The van der Waals surface area contributed by atoms with E-state index in [4.69, 9.17) is 9.47 Å². The van der Waals surface area contributed by atoms with Crippen molar-refractivity contribution in [3.05, 3.63) is 35.9 Å². The molecule has 1 aromatic carbocycles. The number of carbonyl (C=O) groups is 1. The number of benzene rings is 1. The first-order chi connectivity index (χ1) is 8.27. The maximum Gasteiger partial charge on any atom is 0.309 e. The summed E-state index contributed by atoms with van der Waals surface area (Å²) in [6.45, 7) is 1.39. The van der Waals surface area contributed by atoms with Crippen molar-refractivity contribution in [2.24, 2.45) is 5.92 Å². The normalized spacial score (nSPS) is 22.0. The molecule has 1 aliphatic heterocycles. The molecule has 1 aromatic rings. The molecular formula is C13H16O4. The van der Waals surface area contributed by atoms with Gasteiger partial charge in [-0.25, -0.2) is 0 Å². The summed E-state index contributed by atoms with van der Waals surface area (Å²) >= 11 is 0. The zero-order chi connectivity index (χ0) is 12.1. The van der Waals surface area contributed by atoms with Gasteiger partial charge in [0.25, 0.3) is 0 Å². The van der Waals surface area contributed by atoms with E-state index in [2.05, 4.69) is 0 Å². The van der Waals surface area contributed by atoms with Crippen molar-refractivity contribution in [1.29, 1.82) is 0 Å². The summed E-state index contributed by atoms with van der Waals surface area (Å²) in [7, 11) is 0. The lowest BCUT2D eigenvalue weighted by Gasteiger charge is -2.28. The smallest absolute Gasteiger partial charge is 0.309 e. The molecule has 0 aliphatic carbocycles. The van der Waals surface area contributed by atoms with E-state index in [0.717, 1.165) is 5.56 Å². The third-order valence-electron chi connectivity index (χ3n) is 2.91. The standard InChI is InChI=1S/C13H16O4/c14-13(15)11(12-9-16-6-7-17-12)8-10-4-2-1-3-5-10/h1-5,11-12H,6-9H2,(H,14,15). The Balaban J connectivity index is 2.04. The van der Waals surface area contributed by atoms with Crippen LogP contribution in [0.4, 0.5) is 0 Å². The molecule has 1 N–H and O–H groups in total. The first kappa shape index (κ1) is 12.1. The highest BCUT2D eigenvalue weighted by Gasteiger charge is 2.31. The van der Waals surface area contributed by atoms with Gasteiger partial charge in [0.2, 0.25) is 0 Å². The minimum Gasteiger partial charge on any atom is -0.481 e. The Morgan fingerprint density at radius 2 is 2.12 bits per heavy atom. The van der Waals surface area contributed by atoms with Crippen molar-refractivity contribution in [2.45, 2.75) is 12.5 Å². The van der Waals surface area contributed by atoms with Gasteiger partial charge >= 0.3 is 5.97 Å². The van der Waals surface area contributed by atoms with Crippen LogP contribution < -0.4 is 0 Å². The van der Waals surface area contributed by atoms with Gasteiger partial charge in [-0.2, -0.15) is 0 Å². The van der Waals surface area contributed by atoms with E-state index in [-0.39, 0.29) is 6.10 Å². The average molecular weight is 236 g/mol. The molecule has 2 unspecified atom stereocenters. The third kappa shape index (κ3) is 3.28. The summed E-state index contributed by atoms with van der Waals surface area (Å²) in [5, 5.41) is 9.25. The zero-order valence-corrected chi connectivity index (χ0v) is 9.54. The molecule has 4 heteroatoms. The van der Waals surface area contributed by atoms with Gasteiger partial charge < -0.3 is 14.6 Å². The number of rotatable bonds is 4. The van der Waals surface area contributed by atoms with Gasteiger partial charge in [0.05, 0.1) is 31.8 Å². The van der Waals surface area contributed by atoms with Crippen molar-refractivity contribution in [3.63, 3.8) is 0 Å². The molecule has 0 spiro atoms. The van der Waals surface area contributed by atoms with Gasteiger partial charge in [0, 0.05) is 0 Å². The Hall–Kier alpha value is -1.39. The number of hydrogen-bond donors (Lipinski definition) is 1. The summed E-state index contributed by atoms with van der Waals surface area (Å²) in [4.78, 5) is 11.3. The van der Waals surface area contributed by atoms with Crippen molar-refractivity contribution >= 4 is 5.97 Å². The highest BCUT2D eigenvalue weighted by atomic mass is 16.6. The second-order valence-electron chi connectivity index (χ2n) is 4.12. The number of hydrogen-bond acceptors (Lipinski definition) is 3. The van der Waals surface area contributed by atoms with E-state index < -0.39 is 11.9 Å². The number of ether oxygens (including phenoxy) is 2. The van der Waals surface area contributed by atoms with Crippen molar-refractivity contribution < 1.29 is 19.4 Å².